The third kappa shape index (κ3) is 2.64. The van der Waals surface area contributed by atoms with Crippen LogP contribution < -0.4 is 5.32 Å². The lowest BCUT2D eigenvalue weighted by Crippen LogP contribution is -2.54. The van der Waals surface area contributed by atoms with Gasteiger partial charge >= 0.3 is 0 Å². The summed E-state index contributed by atoms with van der Waals surface area (Å²) in [5, 5.41) is 3.43. The molecular formula is C11H23ClN2O. The van der Waals surface area contributed by atoms with Gasteiger partial charge in [0.15, 0.2) is 0 Å². The van der Waals surface area contributed by atoms with Crippen LogP contribution in [-0.4, -0.2) is 49.3 Å². The Kier molecular flexibility index (Phi) is 5.33. The summed E-state index contributed by atoms with van der Waals surface area (Å²) >= 11 is 0. The average Bonchev–Trinajstić information content (AvgIpc) is 2.68. The first-order chi connectivity index (χ1) is 6.86. The Hall–Kier alpha value is 0.170. The number of hydrogen-bond acceptors (Lipinski definition) is 3. The van der Waals surface area contributed by atoms with E-state index in [0.29, 0.717) is 12.1 Å². The van der Waals surface area contributed by atoms with E-state index >= 15 is 0 Å². The minimum absolute atomic E-state index is 0. The molecule has 0 bridgehead atoms. The second-order valence-corrected chi connectivity index (χ2v) is 4.34. The van der Waals surface area contributed by atoms with Crippen LogP contribution in [0, 0.1) is 0 Å². The maximum atomic E-state index is 5.77. The largest absolute Gasteiger partial charge is 0.374 e. The monoisotopic (exact) mass is 234 g/mol. The lowest BCUT2D eigenvalue weighted by molar-refractivity contribution is -0.0643. The van der Waals surface area contributed by atoms with Crippen LogP contribution in [0.15, 0.2) is 0 Å². The van der Waals surface area contributed by atoms with Crippen LogP contribution in [0.1, 0.15) is 26.7 Å². The molecule has 2 heterocycles. The number of morpholine rings is 1. The summed E-state index contributed by atoms with van der Waals surface area (Å²) in [4.78, 5) is 2.66. The Morgan fingerprint density at radius 2 is 2.07 bits per heavy atom. The van der Waals surface area contributed by atoms with Crippen molar-refractivity contribution in [3.05, 3.63) is 0 Å². The van der Waals surface area contributed by atoms with Crippen LogP contribution in [0.25, 0.3) is 0 Å². The highest BCUT2D eigenvalue weighted by molar-refractivity contribution is 5.85. The predicted molar refractivity (Wildman–Crippen MR) is 64.7 cm³/mol. The van der Waals surface area contributed by atoms with Crippen molar-refractivity contribution in [2.45, 2.75) is 44.9 Å². The Bertz CT molecular complexity index is 187. The van der Waals surface area contributed by atoms with Crippen molar-refractivity contribution in [1.29, 1.82) is 0 Å². The molecule has 2 rings (SSSR count). The zero-order valence-corrected chi connectivity index (χ0v) is 10.6. The van der Waals surface area contributed by atoms with E-state index in [1.165, 1.54) is 12.8 Å². The molecule has 0 spiro atoms. The maximum Gasteiger partial charge on any atom is 0.0867 e. The highest BCUT2D eigenvalue weighted by Gasteiger charge is 2.37. The number of nitrogens with one attached hydrogen (secondary N) is 1. The van der Waals surface area contributed by atoms with Crippen LogP contribution >= 0.6 is 12.4 Å². The van der Waals surface area contributed by atoms with E-state index in [1.54, 1.807) is 0 Å². The molecule has 2 saturated heterocycles. The molecule has 0 aromatic rings. The number of ether oxygens (including phenoxy) is 1. The molecule has 0 amide bonds. The smallest absolute Gasteiger partial charge is 0.0867 e. The summed E-state index contributed by atoms with van der Waals surface area (Å²) in [5.41, 5.74) is 0. The van der Waals surface area contributed by atoms with Gasteiger partial charge in [-0.25, -0.2) is 0 Å². The molecule has 15 heavy (non-hydrogen) atoms. The molecule has 3 nitrogen and oxygen atoms in total. The quantitative estimate of drug-likeness (QED) is 0.796. The molecular weight excluding hydrogens is 212 g/mol. The number of hydrogen-bond donors (Lipinski definition) is 1. The molecule has 2 fully saturated rings. The van der Waals surface area contributed by atoms with Crippen LogP contribution in [0.5, 0.6) is 0 Å². The maximum absolute atomic E-state index is 5.77. The average molecular weight is 235 g/mol. The number of halogens is 1. The van der Waals surface area contributed by atoms with Crippen LogP contribution in [0.3, 0.4) is 0 Å². The van der Waals surface area contributed by atoms with Crippen molar-refractivity contribution in [3.63, 3.8) is 0 Å². The summed E-state index contributed by atoms with van der Waals surface area (Å²) in [6.45, 7) is 8.78. The third-order valence-electron chi connectivity index (χ3n) is 3.65. The zero-order chi connectivity index (χ0) is 9.97. The van der Waals surface area contributed by atoms with E-state index < -0.39 is 0 Å². The van der Waals surface area contributed by atoms with Crippen molar-refractivity contribution < 1.29 is 4.74 Å². The normalized spacial score (nSPS) is 31.4. The lowest BCUT2D eigenvalue weighted by Gasteiger charge is -2.41. The van der Waals surface area contributed by atoms with E-state index in [4.69, 9.17) is 4.74 Å². The Labute approximate surface area is 99.0 Å². The lowest BCUT2D eigenvalue weighted by atomic mass is 10.0. The molecule has 4 heteroatoms. The fourth-order valence-corrected chi connectivity index (χ4v) is 2.83. The minimum atomic E-state index is 0. The van der Waals surface area contributed by atoms with Gasteiger partial charge in [0.25, 0.3) is 0 Å². The van der Waals surface area contributed by atoms with Crippen LogP contribution in [-0.2, 0) is 4.74 Å². The molecule has 0 radical (unpaired) electrons. The van der Waals surface area contributed by atoms with Gasteiger partial charge < -0.3 is 10.1 Å². The SMILES string of the molecule is CCC(CC)N1CCO[C@H]2CNC[C@H]21.Cl. The summed E-state index contributed by atoms with van der Waals surface area (Å²) in [6, 6.07) is 1.39. The van der Waals surface area contributed by atoms with Gasteiger partial charge in [-0.3, -0.25) is 4.90 Å². The first-order valence-electron chi connectivity index (χ1n) is 5.94. The van der Waals surface area contributed by atoms with Crippen molar-refractivity contribution in [2.75, 3.05) is 26.2 Å². The van der Waals surface area contributed by atoms with Crippen molar-refractivity contribution in [1.82, 2.24) is 10.2 Å². The molecule has 90 valence electrons. The zero-order valence-electron chi connectivity index (χ0n) is 9.74. The van der Waals surface area contributed by atoms with E-state index in [-0.39, 0.29) is 12.4 Å². The van der Waals surface area contributed by atoms with Gasteiger partial charge in [0.1, 0.15) is 0 Å². The predicted octanol–water partition coefficient (Wildman–Crippen LogP) is 1.27. The summed E-state index contributed by atoms with van der Waals surface area (Å²) in [5.74, 6) is 0. The van der Waals surface area contributed by atoms with Gasteiger partial charge in [-0.15, -0.1) is 12.4 Å². The van der Waals surface area contributed by atoms with Gasteiger partial charge in [-0.05, 0) is 12.8 Å². The summed E-state index contributed by atoms with van der Waals surface area (Å²) < 4.78 is 5.77. The second-order valence-electron chi connectivity index (χ2n) is 4.34. The van der Waals surface area contributed by atoms with Crippen molar-refractivity contribution >= 4 is 12.4 Å². The summed E-state index contributed by atoms with van der Waals surface area (Å²) in [7, 11) is 0. The molecule has 2 aliphatic heterocycles. The standard InChI is InChI=1S/C11H22N2O.ClH/c1-3-9(4-2)13-5-6-14-11-8-12-7-10(11)13;/h9-12H,3-8H2,1-2H3;1H/t10-,11+;/m1./s1. The molecule has 1 N–H and O–H groups in total. The van der Waals surface area contributed by atoms with E-state index in [0.717, 1.165) is 32.3 Å². The number of rotatable bonds is 3. The molecule has 0 aromatic heterocycles. The highest BCUT2D eigenvalue weighted by atomic mass is 35.5. The Morgan fingerprint density at radius 1 is 1.33 bits per heavy atom. The molecule has 2 atom stereocenters. The molecule has 0 unspecified atom stereocenters. The van der Waals surface area contributed by atoms with Gasteiger partial charge in [-0.1, -0.05) is 13.8 Å². The number of fused-ring (bicyclic) bond motifs is 1. The topological polar surface area (TPSA) is 24.5 Å². The van der Waals surface area contributed by atoms with Crippen molar-refractivity contribution in [2.24, 2.45) is 0 Å². The minimum Gasteiger partial charge on any atom is -0.374 e. The van der Waals surface area contributed by atoms with E-state index in [9.17, 15) is 0 Å². The third-order valence-corrected chi connectivity index (χ3v) is 3.65. The van der Waals surface area contributed by atoms with Gasteiger partial charge in [0, 0.05) is 31.7 Å². The van der Waals surface area contributed by atoms with Gasteiger partial charge in [0.2, 0.25) is 0 Å². The Balaban J connectivity index is 0.00000112. The highest BCUT2D eigenvalue weighted by Crippen LogP contribution is 2.22. The first-order valence-corrected chi connectivity index (χ1v) is 5.94. The molecule has 0 aliphatic carbocycles. The van der Waals surface area contributed by atoms with E-state index in [2.05, 4.69) is 24.1 Å². The van der Waals surface area contributed by atoms with Gasteiger partial charge in [-0.2, -0.15) is 0 Å². The van der Waals surface area contributed by atoms with E-state index in [1.807, 2.05) is 0 Å². The van der Waals surface area contributed by atoms with Crippen LogP contribution in [0.2, 0.25) is 0 Å². The van der Waals surface area contributed by atoms with Crippen LogP contribution in [0.4, 0.5) is 0 Å². The molecule has 0 aromatic carbocycles. The fourth-order valence-electron chi connectivity index (χ4n) is 2.83. The fraction of sp³-hybridized carbons (Fsp3) is 1.00. The first kappa shape index (κ1) is 13.2. The number of nitrogens with zero attached hydrogens (tertiary/aromatic N) is 1. The van der Waals surface area contributed by atoms with Crippen molar-refractivity contribution in [3.8, 4) is 0 Å². The molecule has 0 saturated carbocycles. The molecule has 2 aliphatic rings. The summed E-state index contributed by atoms with van der Waals surface area (Å²) in [6.07, 6.45) is 2.98. The second kappa shape index (κ2) is 6.04. The van der Waals surface area contributed by atoms with Gasteiger partial charge in [0.05, 0.1) is 12.7 Å². The Morgan fingerprint density at radius 3 is 2.73 bits per heavy atom.